The van der Waals surface area contributed by atoms with Gasteiger partial charge in [-0.05, 0) is 62.5 Å². The average Bonchev–Trinajstić information content (AvgIpc) is 2.50. The number of anilines is 1. The van der Waals surface area contributed by atoms with Gasteiger partial charge in [0.05, 0.1) is 11.2 Å². The minimum absolute atomic E-state index is 0.0345. The number of benzene rings is 1. The molecule has 0 aromatic heterocycles. The van der Waals surface area contributed by atoms with Crippen LogP contribution in [0.3, 0.4) is 0 Å². The summed E-state index contributed by atoms with van der Waals surface area (Å²) in [5.74, 6) is 1.09. The Morgan fingerprint density at radius 1 is 1.25 bits per heavy atom. The van der Waals surface area contributed by atoms with Gasteiger partial charge in [-0.25, -0.2) is 0 Å². The molecule has 4 aliphatic carbocycles. The predicted octanol–water partition coefficient (Wildman–Crippen LogP) is 3.10. The molecule has 0 aliphatic heterocycles. The number of rotatable bonds is 5. The van der Waals surface area contributed by atoms with Gasteiger partial charge < -0.3 is 15.7 Å². The highest BCUT2D eigenvalue weighted by Gasteiger charge is 2.57. The zero-order valence-corrected chi connectivity index (χ0v) is 14.1. The second kappa shape index (κ2) is 5.62. The normalized spacial score (nSPS) is 36.4. The highest BCUT2D eigenvalue weighted by Crippen LogP contribution is 2.57. The second-order valence-corrected chi connectivity index (χ2v) is 8.13. The van der Waals surface area contributed by atoms with E-state index in [2.05, 4.69) is 17.2 Å². The van der Waals surface area contributed by atoms with Crippen molar-refractivity contribution < 1.29 is 9.90 Å². The molecule has 0 spiro atoms. The molecule has 5 rings (SSSR count). The van der Waals surface area contributed by atoms with Crippen molar-refractivity contribution >= 4 is 11.6 Å². The zero-order chi connectivity index (χ0) is 16.8. The molecule has 4 heteroatoms. The van der Waals surface area contributed by atoms with E-state index in [1.54, 1.807) is 6.08 Å². The van der Waals surface area contributed by atoms with Crippen molar-refractivity contribution in [1.29, 1.82) is 0 Å². The van der Waals surface area contributed by atoms with Crippen molar-refractivity contribution in [2.75, 3.05) is 11.9 Å². The fourth-order valence-corrected chi connectivity index (χ4v) is 5.69. The highest BCUT2D eigenvalue weighted by molar-refractivity contribution is 6.00. The van der Waals surface area contributed by atoms with Crippen molar-refractivity contribution in [3.63, 3.8) is 0 Å². The molecule has 1 aromatic rings. The van der Waals surface area contributed by atoms with Crippen LogP contribution in [0.2, 0.25) is 0 Å². The summed E-state index contributed by atoms with van der Waals surface area (Å²) in [5.41, 5.74) is 0.722. The lowest BCUT2D eigenvalue weighted by Gasteiger charge is -2.60. The summed E-state index contributed by atoms with van der Waals surface area (Å²) in [7, 11) is 0. The molecule has 128 valence electrons. The van der Waals surface area contributed by atoms with Crippen LogP contribution < -0.4 is 10.6 Å². The molecule has 4 saturated carbocycles. The molecule has 0 radical (unpaired) electrons. The smallest absolute Gasteiger partial charge is 0.253 e. The third-order valence-electron chi connectivity index (χ3n) is 6.02. The molecule has 24 heavy (non-hydrogen) atoms. The number of carbonyl (C=O) groups excluding carboxylic acids is 1. The highest BCUT2D eigenvalue weighted by atomic mass is 16.3. The van der Waals surface area contributed by atoms with E-state index in [1.807, 2.05) is 24.3 Å². The van der Waals surface area contributed by atoms with Crippen molar-refractivity contribution in [3.05, 3.63) is 42.5 Å². The number of hydrogen-bond donors (Lipinski definition) is 3. The standard InChI is InChI=1S/C20H26N2O2/c1-2-7-21-17-6-4-3-5-16(17)18(23)22-19-9-14-8-15(10-19)12-20(24,11-14)13-19/h2-6,14-15,21,24H,1,7-13H2,(H,22,23)/t14-,15-,19?,20?/m1/s1. The fourth-order valence-electron chi connectivity index (χ4n) is 5.69. The van der Waals surface area contributed by atoms with Crippen LogP contribution in [0.1, 0.15) is 48.9 Å². The first-order valence-electron chi connectivity index (χ1n) is 9.00. The van der Waals surface area contributed by atoms with Crippen LogP contribution in [0.15, 0.2) is 36.9 Å². The molecule has 1 amide bonds. The van der Waals surface area contributed by atoms with Gasteiger partial charge in [0.25, 0.3) is 5.91 Å². The SMILES string of the molecule is C=CCNc1ccccc1C(=O)NC12C[C@H]3C[C@@H](CC(O)(C3)C1)C2. The van der Waals surface area contributed by atoms with Crippen LogP contribution in [0.25, 0.3) is 0 Å². The maximum absolute atomic E-state index is 13.0. The summed E-state index contributed by atoms with van der Waals surface area (Å²) in [6.45, 7) is 4.34. The summed E-state index contributed by atoms with van der Waals surface area (Å²) < 4.78 is 0. The monoisotopic (exact) mass is 326 g/mol. The number of para-hydroxylation sites is 1. The van der Waals surface area contributed by atoms with E-state index in [4.69, 9.17) is 0 Å². The Bertz CT molecular complexity index is 655. The lowest BCUT2D eigenvalue weighted by molar-refractivity contribution is -0.139. The zero-order valence-electron chi connectivity index (χ0n) is 14.1. The van der Waals surface area contributed by atoms with Gasteiger partial charge in [0.2, 0.25) is 0 Å². The third kappa shape index (κ3) is 2.73. The topological polar surface area (TPSA) is 61.4 Å². The van der Waals surface area contributed by atoms with E-state index >= 15 is 0 Å². The summed E-state index contributed by atoms with van der Waals surface area (Å²) in [6, 6.07) is 7.60. The summed E-state index contributed by atoms with van der Waals surface area (Å²) >= 11 is 0. The molecule has 0 unspecified atom stereocenters. The van der Waals surface area contributed by atoms with Gasteiger partial charge in [-0.3, -0.25) is 4.79 Å². The van der Waals surface area contributed by atoms with Gasteiger partial charge >= 0.3 is 0 Å². The van der Waals surface area contributed by atoms with Crippen LogP contribution >= 0.6 is 0 Å². The molecule has 4 aliphatic rings. The predicted molar refractivity (Wildman–Crippen MR) is 95.0 cm³/mol. The summed E-state index contributed by atoms with van der Waals surface area (Å²) in [6.07, 6.45) is 7.57. The number of nitrogens with one attached hydrogen (secondary N) is 2. The van der Waals surface area contributed by atoms with E-state index in [0.29, 0.717) is 30.4 Å². The third-order valence-corrected chi connectivity index (χ3v) is 6.02. The van der Waals surface area contributed by atoms with Crippen LogP contribution in [-0.4, -0.2) is 28.7 Å². The molecule has 4 bridgehead atoms. The molecule has 4 nitrogen and oxygen atoms in total. The van der Waals surface area contributed by atoms with E-state index < -0.39 is 5.60 Å². The minimum Gasteiger partial charge on any atom is -0.390 e. The van der Waals surface area contributed by atoms with Gasteiger partial charge in [-0.15, -0.1) is 6.58 Å². The van der Waals surface area contributed by atoms with E-state index in [0.717, 1.165) is 31.4 Å². The fraction of sp³-hybridized carbons (Fsp3) is 0.550. The number of amides is 1. The first kappa shape index (κ1) is 15.7. The Morgan fingerprint density at radius 2 is 1.96 bits per heavy atom. The number of carbonyl (C=O) groups is 1. The van der Waals surface area contributed by atoms with E-state index in [1.165, 1.54) is 6.42 Å². The van der Waals surface area contributed by atoms with Crippen LogP contribution in [0.4, 0.5) is 5.69 Å². The van der Waals surface area contributed by atoms with Crippen LogP contribution in [0.5, 0.6) is 0 Å². The maximum Gasteiger partial charge on any atom is 0.253 e. The molecule has 0 heterocycles. The van der Waals surface area contributed by atoms with Gasteiger partial charge in [-0.1, -0.05) is 18.2 Å². The van der Waals surface area contributed by atoms with Gasteiger partial charge in [-0.2, -0.15) is 0 Å². The van der Waals surface area contributed by atoms with Crippen molar-refractivity contribution in [2.24, 2.45) is 11.8 Å². The molecular formula is C20H26N2O2. The van der Waals surface area contributed by atoms with Crippen LogP contribution in [-0.2, 0) is 0 Å². The van der Waals surface area contributed by atoms with E-state index in [9.17, 15) is 9.90 Å². The van der Waals surface area contributed by atoms with Crippen molar-refractivity contribution in [3.8, 4) is 0 Å². The maximum atomic E-state index is 13.0. The van der Waals surface area contributed by atoms with Crippen LogP contribution in [0, 0.1) is 11.8 Å². The Hall–Kier alpha value is -1.81. The lowest BCUT2D eigenvalue weighted by Crippen LogP contribution is -2.65. The van der Waals surface area contributed by atoms with E-state index in [-0.39, 0.29) is 11.4 Å². The molecule has 4 fully saturated rings. The Balaban J connectivity index is 1.55. The Kier molecular flexibility index (Phi) is 3.68. The number of hydrogen-bond acceptors (Lipinski definition) is 3. The number of aliphatic hydroxyl groups is 1. The Morgan fingerprint density at radius 3 is 2.62 bits per heavy atom. The summed E-state index contributed by atoms with van der Waals surface area (Å²) in [5, 5.41) is 17.4. The van der Waals surface area contributed by atoms with Gasteiger partial charge in [0.1, 0.15) is 0 Å². The first-order valence-corrected chi connectivity index (χ1v) is 9.00. The largest absolute Gasteiger partial charge is 0.390 e. The lowest BCUT2D eigenvalue weighted by atomic mass is 9.51. The molecular weight excluding hydrogens is 300 g/mol. The van der Waals surface area contributed by atoms with Crippen molar-refractivity contribution in [1.82, 2.24) is 5.32 Å². The molecule has 0 saturated heterocycles. The molecule has 3 N–H and O–H groups in total. The summed E-state index contributed by atoms with van der Waals surface area (Å²) in [4.78, 5) is 13.0. The first-order chi connectivity index (χ1) is 11.5. The van der Waals surface area contributed by atoms with Crippen molar-refractivity contribution in [2.45, 2.75) is 49.7 Å². The van der Waals surface area contributed by atoms with Gasteiger partial charge in [0, 0.05) is 17.8 Å². The average molecular weight is 326 g/mol. The molecule has 1 aromatic carbocycles. The molecule has 2 atom stereocenters. The Labute approximate surface area is 143 Å². The van der Waals surface area contributed by atoms with Gasteiger partial charge in [0.15, 0.2) is 0 Å². The quantitative estimate of drug-likeness (QED) is 0.729. The minimum atomic E-state index is -0.558. The second-order valence-electron chi connectivity index (χ2n) is 8.13.